The Labute approximate surface area is 143 Å². The molecule has 1 aromatic heterocycles. The molecule has 0 saturated heterocycles. The summed E-state index contributed by atoms with van der Waals surface area (Å²) in [4.78, 5) is 16.7. The molecule has 1 heterocycles. The van der Waals surface area contributed by atoms with E-state index in [0.29, 0.717) is 11.5 Å². The number of carbonyl (C=O) groups excluding carboxylic acids is 1. The number of carbonyl (C=O) groups is 1. The standard InChI is InChI=1S/C19H24N2O3/c1-13(2)18(19-14(3)8-7-11-20-19)21-17(22)12-24-16-10-6-5-9-15(16)23-4/h5-11,13,18H,12H2,1-4H3,(H,21,22)/t18-/m1/s1. The van der Waals surface area contributed by atoms with Gasteiger partial charge >= 0.3 is 0 Å². The number of aryl methyl sites for hydroxylation is 1. The maximum absolute atomic E-state index is 12.3. The lowest BCUT2D eigenvalue weighted by Crippen LogP contribution is -2.36. The van der Waals surface area contributed by atoms with Crippen molar-refractivity contribution in [2.24, 2.45) is 5.92 Å². The third-order valence-corrected chi connectivity index (χ3v) is 3.76. The van der Waals surface area contributed by atoms with Gasteiger partial charge in [-0.3, -0.25) is 9.78 Å². The molecule has 0 spiro atoms. The molecule has 0 aliphatic heterocycles. The van der Waals surface area contributed by atoms with Gasteiger partial charge in [0.2, 0.25) is 0 Å². The van der Waals surface area contributed by atoms with Gasteiger partial charge in [-0.15, -0.1) is 0 Å². The molecule has 0 unspecified atom stereocenters. The Hall–Kier alpha value is -2.56. The number of hydrogen-bond donors (Lipinski definition) is 1. The highest BCUT2D eigenvalue weighted by Crippen LogP contribution is 2.26. The Kier molecular flexibility index (Phi) is 6.18. The first-order valence-electron chi connectivity index (χ1n) is 7.99. The summed E-state index contributed by atoms with van der Waals surface area (Å²) >= 11 is 0. The van der Waals surface area contributed by atoms with Gasteiger partial charge in [0, 0.05) is 6.20 Å². The number of nitrogens with zero attached hydrogens (tertiary/aromatic N) is 1. The predicted molar refractivity (Wildman–Crippen MR) is 93.2 cm³/mol. The molecule has 128 valence electrons. The van der Waals surface area contributed by atoms with Crippen LogP contribution in [-0.2, 0) is 4.79 Å². The average molecular weight is 328 g/mol. The highest BCUT2D eigenvalue weighted by molar-refractivity contribution is 5.78. The van der Waals surface area contributed by atoms with Gasteiger partial charge in [-0.05, 0) is 36.6 Å². The van der Waals surface area contributed by atoms with Crippen LogP contribution < -0.4 is 14.8 Å². The molecule has 0 saturated carbocycles. The van der Waals surface area contributed by atoms with Crippen LogP contribution in [-0.4, -0.2) is 24.6 Å². The second-order valence-electron chi connectivity index (χ2n) is 5.93. The third kappa shape index (κ3) is 4.47. The van der Waals surface area contributed by atoms with Crippen molar-refractivity contribution in [3.63, 3.8) is 0 Å². The summed E-state index contributed by atoms with van der Waals surface area (Å²) in [5.41, 5.74) is 1.94. The van der Waals surface area contributed by atoms with E-state index in [0.717, 1.165) is 11.3 Å². The Balaban J connectivity index is 2.03. The zero-order chi connectivity index (χ0) is 17.5. The van der Waals surface area contributed by atoms with E-state index < -0.39 is 0 Å². The molecule has 1 aromatic carbocycles. The lowest BCUT2D eigenvalue weighted by molar-refractivity contribution is -0.124. The summed E-state index contributed by atoms with van der Waals surface area (Å²) in [6, 6.07) is 11.0. The van der Waals surface area contributed by atoms with E-state index >= 15 is 0 Å². The molecular formula is C19H24N2O3. The Morgan fingerprint density at radius 1 is 1.17 bits per heavy atom. The topological polar surface area (TPSA) is 60.5 Å². The number of aromatic nitrogens is 1. The van der Waals surface area contributed by atoms with Crippen LogP contribution in [0.15, 0.2) is 42.6 Å². The minimum absolute atomic E-state index is 0.0739. The fourth-order valence-corrected chi connectivity index (χ4v) is 2.47. The minimum Gasteiger partial charge on any atom is -0.493 e. The van der Waals surface area contributed by atoms with E-state index in [-0.39, 0.29) is 24.5 Å². The van der Waals surface area contributed by atoms with Crippen molar-refractivity contribution in [2.75, 3.05) is 13.7 Å². The fraction of sp³-hybridized carbons (Fsp3) is 0.368. The lowest BCUT2D eigenvalue weighted by atomic mass is 9.97. The normalized spacial score (nSPS) is 11.9. The molecule has 1 N–H and O–H groups in total. The molecule has 0 aliphatic carbocycles. The number of nitrogens with one attached hydrogen (secondary N) is 1. The summed E-state index contributed by atoms with van der Waals surface area (Å²) in [7, 11) is 1.57. The molecule has 0 aliphatic rings. The second kappa shape index (κ2) is 8.34. The Morgan fingerprint density at radius 2 is 1.88 bits per heavy atom. The first-order valence-corrected chi connectivity index (χ1v) is 7.99. The van der Waals surface area contributed by atoms with E-state index in [1.54, 1.807) is 25.4 Å². The number of hydrogen-bond acceptors (Lipinski definition) is 4. The van der Waals surface area contributed by atoms with Gasteiger partial charge in [-0.25, -0.2) is 0 Å². The maximum atomic E-state index is 12.3. The van der Waals surface area contributed by atoms with Gasteiger partial charge in [0.1, 0.15) is 0 Å². The van der Waals surface area contributed by atoms with Gasteiger partial charge in [-0.1, -0.05) is 32.0 Å². The quantitative estimate of drug-likeness (QED) is 0.847. The summed E-state index contributed by atoms with van der Waals surface area (Å²) in [5, 5.41) is 3.01. The van der Waals surface area contributed by atoms with Crippen molar-refractivity contribution < 1.29 is 14.3 Å². The molecule has 0 bridgehead atoms. The monoisotopic (exact) mass is 328 g/mol. The van der Waals surface area contributed by atoms with Crippen LogP contribution in [0.3, 0.4) is 0 Å². The van der Waals surface area contributed by atoms with Crippen LogP contribution in [0, 0.1) is 12.8 Å². The number of para-hydroxylation sites is 2. The van der Waals surface area contributed by atoms with Crippen molar-refractivity contribution in [1.29, 1.82) is 0 Å². The Morgan fingerprint density at radius 3 is 2.50 bits per heavy atom. The number of amides is 1. The molecule has 1 atom stereocenters. The number of methoxy groups -OCH3 is 1. The lowest BCUT2D eigenvalue weighted by Gasteiger charge is -2.23. The smallest absolute Gasteiger partial charge is 0.258 e. The van der Waals surface area contributed by atoms with Gasteiger partial charge < -0.3 is 14.8 Å². The first-order chi connectivity index (χ1) is 11.5. The molecule has 5 nitrogen and oxygen atoms in total. The van der Waals surface area contributed by atoms with E-state index in [4.69, 9.17) is 9.47 Å². The molecular weight excluding hydrogens is 304 g/mol. The number of ether oxygens (including phenoxy) is 2. The number of benzene rings is 1. The van der Waals surface area contributed by atoms with Crippen LogP contribution in [0.4, 0.5) is 0 Å². The summed E-state index contributed by atoms with van der Waals surface area (Å²) in [6.45, 7) is 6.03. The van der Waals surface area contributed by atoms with Crippen LogP contribution in [0.25, 0.3) is 0 Å². The van der Waals surface area contributed by atoms with Gasteiger partial charge in [0.05, 0.1) is 18.8 Å². The van der Waals surface area contributed by atoms with E-state index in [1.807, 2.05) is 31.2 Å². The van der Waals surface area contributed by atoms with Crippen molar-refractivity contribution in [2.45, 2.75) is 26.8 Å². The zero-order valence-corrected chi connectivity index (χ0v) is 14.6. The Bertz CT molecular complexity index is 686. The number of rotatable bonds is 7. The van der Waals surface area contributed by atoms with Gasteiger partial charge in [-0.2, -0.15) is 0 Å². The van der Waals surface area contributed by atoms with Crippen molar-refractivity contribution in [1.82, 2.24) is 10.3 Å². The van der Waals surface area contributed by atoms with Crippen LogP contribution >= 0.6 is 0 Å². The molecule has 0 fully saturated rings. The summed E-state index contributed by atoms with van der Waals surface area (Å²) in [5.74, 6) is 1.18. The molecule has 5 heteroatoms. The molecule has 2 aromatic rings. The van der Waals surface area contributed by atoms with Gasteiger partial charge in [0.25, 0.3) is 5.91 Å². The maximum Gasteiger partial charge on any atom is 0.258 e. The van der Waals surface area contributed by atoms with Crippen molar-refractivity contribution in [3.05, 3.63) is 53.9 Å². The molecule has 24 heavy (non-hydrogen) atoms. The molecule has 2 rings (SSSR count). The van der Waals surface area contributed by atoms with Crippen molar-refractivity contribution >= 4 is 5.91 Å². The van der Waals surface area contributed by atoms with Crippen LogP contribution in [0.2, 0.25) is 0 Å². The number of pyridine rings is 1. The fourth-order valence-electron chi connectivity index (χ4n) is 2.47. The van der Waals surface area contributed by atoms with Crippen molar-refractivity contribution in [3.8, 4) is 11.5 Å². The highest BCUT2D eigenvalue weighted by atomic mass is 16.5. The summed E-state index contributed by atoms with van der Waals surface area (Å²) in [6.07, 6.45) is 1.75. The second-order valence-corrected chi connectivity index (χ2v) is 5.93. The van der Waals surface area contributed by atoms with E-state index in [2.05, 4.69) is 24.1 Å². The highest BCUT2D eigenvalue weighted by Gasteiger charge is 2.21. The van der Waals surface area contributed by atoms with Crippen LogP contribution in [0.1, 0.15) is 31.1 Å². The van der Waals surface area contributed by atoms with E-state index in [9.17, 15) is 4.79 Å². The molecule has 0 radical (unpaired) electrons. The zero-order valence-electron chi connectivity index (χ0n) is 14.6. The van der Waals surface area contributed by atoms with Gasteiger partial charge in [0.15, 0.2) is 18.1 Å². The van der Waals surface area contributed by atoms with Crippen LogP contribution in [0.5, 0.6) is 11.5 Å². The first kappa shape index (κ1) is 17.8. The van der Waals surface area contributed by atoms with E-state index in [1.165, 1.54) is 0 Å². The minimum atomic E-state index is -0.190. The predicted octanol–water partition coefficient (Wildman–Crippen LogP) is 3.29. The summed E-state index contributed by atoms with van der Waals surface area (Å²) < 4.78 is 10.8. The average Bonchev–Trinajstić information content (AvgIpc) is 2.58. The third-order valence-electron chi connectivity index (χ3n) is 3.76. The molecule has 1 amide bonds. The SMILES string of the molecule is COc1ccccc1OCC(=O)N[C@@H](c1ncccc1C)C(C)C. The largest absolute Gasteiger partial charge is 0.493 e.